The van der Waals surface area contributed by atoms with Crippen LogP contribution in [0.25, 0.3) is 0 Å². The van der Waals surface area contributed by atoms with E-state index in [-0.39, 0.29) is 12.6 Å². The minimum atomic E-state index is -0.924. The Balaban J connectivity index is 1.47. The smallest absolute Gasteiger partial charge is 0.114 e. The highest BCUT2D eigenvalue weighted by atomic mass is 16.6. The van der Waals surface area contributed by atoms with E-state index in [4.69, 9.17) is 14.2 Å². The van der Waals surface area contributed by atoms with E-state index >= 15 is 0 Å². The molecule has 5 rings (SSSR count). The Morgan fingerprint density at radius 3 is 1.26 bits per heavy atom. The van der Waals surface area contributed by atoms with Crippen molar-refractivity contribution in [1.29, 1.82) is 0 Å². The van der Waals surface area contributed by atoms with Gasteiger partial charge in [-0.25, -0.2) is 0 Å². The Kier molecular flexibility index (Phi) is 13.8. The summed E-state index contributed by atoms with van der Waals surface area (Å²) in [6.45, 7) is 4.92. The molecule has 5 heteroatoms. The zero-order valence-corrected chi connectivity index (χ0v) is 27.3. The molecule has 4 atom stereocenters. The first-order valence-corrected chi connectivity index (χ1v) is 16.6. The van der Waals surface area contributed by atoms with Crippen LogP contribution in [-0.2, 0) is 47.1 Å². The molecule has 5 nitrogen and oxygen atoms in total. The van der Waals surface area contributed by atoms with Crippen LogP contribution in [-0.4, -0.2) is 41.0 Å². The standard InChI is InChI=1S/C42H47NO4/c1-2-39(43(28-34-18-8-3-9-19-34)29-35-20-10-4-11-21-35)41(46-31-37-24-14-6-15-25-37)42(47-32-38-26-16-7-17-27-38)40(44)33-45-30-36-22-12-5-13-23-36/h3-27,39-42,44H,2,28-33H2,1H3/t39-,40-,41-,42-/m1/s1. The Hall–Kier alpha value is -4.10. The Labute approximate surface area is 280 Å². The summed E-state index contributed by atoms with van der Waals surface area (Å²) in [4.78, 5) is 2.47. The van der Waals surface area contributed by atoms with Gasteiger partial charge < -0.3 is 19.3 Å². The third kappa shape index (κ3) is 11.0. The first-order chi connectivity index (χ1) is 23.2. The molecule has 0 aromatic heterocycles. The van der Waals surface area contributed by atoms with Gasteiger partial charge in [-0.15, -0.1) is 0 Å². The predicted molar refractivity (Wildman–Crippen MR) is 188 cm³/mol. The van der Waals surface area contributed by atoms with Crippen molar-refractivity contribution in [2.45, 2.75) is 70.6 Å². The van der Waals surface area contributed by atoms with Crippen molar-refractivity contribution in [1.82, 2.24) is 4.90 Å². The molecule has 0 bridgehead atoms. The summed E-state index contributed by atoms with van der Waals surface area (Å²) < 4.78 is 19.7. The number of ether oxygens (including phenoxy) is 3. The largest absolute Gasteiger partial charge is 0.388 e. The van der Waals surface area contributed by atoms with Gasteiger partial charge in [-0.2, -0.15) is 0 Å². The third-order valence-electron chi connectivity index (χ3n) is 8.40. The molecule has 0 heterocycles. The van der Waals surface area contributed by atoms with Gasteiger partial charge in [-0.1, -0.05) is 159 Å². The normalized spacial score (nSPS) is 14.0. The van der Waals surface area contributed by atoms with Crippen LogP contribution in [0.2, 0.25) is 0 Å². The molecule has 0 saturated heterocycles. The number of aliphatic hydroxyl groups is 1. The van der Waals surface area contributed by atoms with Crippen molar-refractivity contribution < 1.29 is 19.3 Å². The Bertz CT molecular complexity index is 1480. The van der Waals surface area contributed by atoms with Crippen molar-refractivity contribution >= 4 is 0 Å². The van der Waals surface area contributed by atoms with Crippen LogP contribution in [0.1, 0.15) is 41.2 Å². The summed E-state index contributed by atoms with van der Waals surface area (Å²) in [5.74, 6) is 0. The molecular formula is C42H47NO4. The van der Waals surface area contributed by atoms with Gasteiger partial charge in [0.1, 0.15) is 18.3 Å². The molecule has 0 amide bonds. The fourth-order valence-corrected chi connectivity index (χ4v) is 5.97. The third-order valence-corrected chi connectivity index (χ3v) is 8.40. The number of aliphatic hydroxyl groups excluding tert-OH is 1. The highest BCUT2D eigenvalue weighted by Crippen LogP contribution is 2.26. The Morgan fingerprint density at radius 1 is 0.489 bits per heavy atom. The van der Waals surface area contributed by atoms with Gasteiger partial charge >= 0.3 is 0 Å². The number of nitrogens with zero attached hydrogens (tertiary/aromatic N) is 1. The molecule has 244 valence electrons. The van der Waals surface area contributed by atoms with Crippen molar-refractivity contribution in [3.05, 3.63) is 179 Å². The number of hydrogen-bond donors (Lipinski definition) is 1. The lowest BCUT2D eigenvalue weighted by atomic mass is 9.95. The molecule has 0 spiro atoms. The topological polar surface area (TPSA) is 51.2 Å². The van der Waals surface area contributed by atoms with Crippen LogP contribution in [0.15, 0.2) is 152 Å². The molecular weight excluding hydrogens is 582 g/mol. The molecule has 0 radical (unpaired) electrons. The van der Waals surface area contributed by atoms with Gasteiger partial charge in [0.25, 0.3) is 0 Å². The average molecular weight is 630 g/mol. The quantitative estimate of drug-likeness (QED) is 0.0998. The van der Waals surface area contributed by atoms with E-state index in [0.717, 1.165) is 36.2 Å². The van der Waals surface area contributed by atoms with E-state index in [1.165, 1.54) is 11.1 Å². The van der Waals surface area contributed by atoms with Crippen LogP contribution in [0, 0.1) is 0 Å². The van der Waals surface area contributed by atoms with Crippen LogP contribution < -0.4 is 0 Å². The second kappa shape index (κ2) is 18.9. The summed E-state index contributed by atoms with van der Waals surface area (Å²) >= 11 is 0. The molecule has 0 saturated carbocycles. The zero-order chi connectivity index (χ0) is 32.5. The van der Waals surface area contributed by atoms with E-state index < -0.39 is 18.3 Å². The maximum Gasteiger partial charge on any atom is 0.114 e. The number of rotatable bonds is 19. The SMILES string of the molecule is CC[C@H]([C@@H](OCc1ccccc1)[C@H](OCc1ccccc1)[C@H](O)COCc1ccccc1)N(Cc1ccccc1)Cc1ccccc1. The minimum Gasteiger partial charge on any atom is -0.388 e. The molecule has 5 aromatic carbocycles. The molecule has 0 unspecified atom stereocenters. The van der Waals surface area contributed by atoms with E-state index in [0.29, 0.717) is 19.8 Å². The maximum absolute atomic E-state index is 11.9. The van der Waals surface area contributed by atoms with Crippen LogP contribution in [0.5, 0.6) is 0 Å². The molecule has 0 aliphatic carbocycles. The van der Waals surface area contributed by atoms with Gasteiger partial charge in [0.2, 0.25) is 0 Å². The highest BCUT2D eigenvalue weighted by molar-refractivity contribution is 5.19. The van der Waals surface area contributed by atoms with E-state index in [1.807, 2.05) is 91.0 Å². The fourth-order valence-electron chi connectivity index (χ4n) is 5.97. The summed E-state index contributed by atoms with van der Waals surface area (Å²) in [5, 5.41) is 11.9. The van der Waals surface area contributed by atoms with E-state index in [2.05, 4.69) is 72.5 Å². The van der Waals surface area contributed by atoms with Crippen LogP contribution >= 0.6 is 0 Å². The van der Waals surface area contributed by atoms with Crippen LogP contribution in [0.3, 0.4) is 0 Å². The lowest BCUT2D eigenvalue weighted by Crippen LogP contribution is -2.54. The summed E-state index contributed by atoms with van der Waals surface area (Å²) in [7, 11) is 0. The molecule has 1 N–H and O–H groups in total. The second-order valence-corrected chi connectivity index (χ2v) is 11.9. The zero-order valence-electron chi connectivity index (χ0n) is 27.3. The summed E-state index contributed by atoms with van der Waals surface area (Å²) in [6.07, 6.45) is -1.25. The van der Waals surface area contributed by atoms with E-state index in [9.17, 15) is 5.11 Å². The minimum absolute atomic E-state index is 0.0799. The first kappa shape index (κ1) is 34.2. The molecule has 5 aromatic rings. The lowest BCUT2D eigenvalue weighted by molar-refractivity contribution is -0.169. The van der Waals surface area contributed by atoms with Crippen molar-refractivity contribution in [3.8, 4) is 0 Å². The van der Waals surface area contributed by atoms with Crippen molar-refractivity contribution in [2.75, 3.05) is 6.61 Å². The van der Waals surface area contributed by atoms with Gasteiger partial charge in [-0.3, -0.25) is 4.90 Å². The molecule has 0 aliphatic rings. The van der Waals surface area contributed by atoms with Gasteiger partial charge in [-0.05, 0) is 34.2 Å². The maximum atomic E-state index is 11.9. The molecule has 0 aliphatic heterocycles. The molecule has 47 heavy (non-hydrogen) atoms. The monoisotopic (exact) mass is 629 g/mol. The Morgan fingerprint density at radius 2 is 0.851 bits per heavy atom. The van der Waals surface area contributed by atoms with Crippen molar-refractivity contribution in [3.63, 3.8) is 0 Å². The predicted octanol–water partition coefficient (Wildman–Crippen LogP) is 8.22. The first-order valence-electron chi connectivity index (χ1n) is 16.6. The van der Waals surface area contributed by atoms with Crippen molar-refractivity contribution in [2.24, 2.45) is 0 Å². The summed E-state index contributed by atoms with van der Waals surface area (Å²) in [5.41, 5.74) is 5.60. The number of hydrogen-bond acceptors (Lipinski definition) is 5. The lowest BCUT2D eigenvalue weighted by Gasteiger charge is -2.41. The summed E-state index contributed by atoms with van der Waals surface area (Å²) in [6, 6.07) is 51.4. The van der Waals surface area contributed by atoms with Gasteiger partial charge in [0.05, 0.1) is 26.4 Å². The van der Waals surface area contributed by atoms with Crippen LogP contribution in [0.4, 0.5) is 0 Å². The second-order valence-electron chi connectivity index (χ2n) is 11.9. The number of benzene rings is 5. The fraction of sp³-hybridized carbons (Fsp3) is 0.286. The average Bonchev–Trinajstić information content (AvgIpc) is 3.13. The molecule has 0 fully saturated rings. The van der Waals surface area contributed by atoms with Gasteiger partial charge in [0.15, 0.2) is 0 Å². The van der Waals surface area contributed by atoms with Gasteiger partial charge in [0, 0.05) is 19.1 Å². The van der Waals surface area contributed by atoms with E-state index in [1.54, 1.807) is 0 Å². The highest BCUT2D eigenvalue weighted by Gasteiger charge is 2.38.